The highest BCUT2D eigenvalue weighted by Gasteiger charge is 2.33. The Labute approximate surface area is 146 Å². The van der Waals surface area contributed by atoms with Crippen LogP contribution < -0.4 is 0 Å². The van der Waals surface area contributed by atoms with Crippen LogP contribution in [0.15, 0.2) is 17.5 Å². The molecule has 0 radical (unpaired) electrons. The average molecular weight is 374 g/mol. The molecule has 2 fully saturated rings. The molecule has 7 heteroatoms. The van der Waals surface area contributed by atoms with Gasteiger partial charge in [-0.2, -0.15) is 0 Å². The summed E-state index contributed by atoms with van der Waals surface area (Å²) >= 11 is 3.24. The number of hydrogen-bond donors (Lipinski definition) is 0. The second-order valence-electron chi connectivity index (χ2n) is 6.26. The first-order valence-electron chi connectivity index (χ1n) is 8.20. The number of thioether (sulfide) groups is 1. The smallest absolute Gasteiger partial charge is 0.232 e. The van der Waals surface area contributed by atoms with Gasteiger partial charge in [0.25, 0.3) is 0 Å². The van der Waals surface area contributed by atoms with Gasteiger partial charge in [0.1, 0.15) is 0 Å². The van der Waals surface area contributed by atoms with Gasteiger partial charge in [-0.15, -0.1) is 23.1 Å². The van der Waals surface area contributed by atoms with Crippen LogP contribution in [0.3, 0.4) is 0 Å². The Morgan fingerprint density at radius 2 is 2.04 bits per heavy atom. The van der Waals surface area contributed by atoms with Crippen LogP contribution in [-0.4, -0.2) is 49.1 Å². The van der Waals surface area contributed by atoms with E-state index < -0.39 is 15.1 Å². The molecule has 2 aliphatic rings. The zero-order valence-electron chi connectivity index (χ0n) is 13.1. The second-order valence-corrected chi connectivity index (χ2v) is 10.8. The van der Waals surface area contributed by atoms with Gasteiger partial charge < -0.3 is 4.90 Å². The molecule has 0 unspecified atom stereocenters. The van der Waals surface area contributed by atoms with Crippen molar-refractivity contribution in [2.45, 2.75) is 42.6 Å². The van der Waals surface area contributed by atoms with Gasteiger partial charge in [-0.25, -0.2) is 8.42 Å². The van der Waals surface area contributed by atoms with Gasteiger partial charge in [-0.05, 0) is 30.7 Å². The van der Waals surface area contributed by atoms with E-state index in [4.69, 9.17) is 0 Å². The predicted octanol–water partition coefficient (Wildman–Crippen LogP) is 3.11. The van der Waals surface area contributed by atoms with Gasteiger partial charge >= 0.3 is 0 Å². The van der Waals surface area contributed by atoms with Crippen molar-refractivity contribution < 1.29 is 13.2 Å². The maximum absolute atomic E-state index is 12.5. The molecule has 1 aromatic rings. The van der Waals surface area contributed by atoms with E-state index in [0.29, 0.717) is 30.5 Å². The largest absolute Gasteiger partial charge is 0.341 e. The molecule has 0 aromatic carbocycles. The minimum atomic E-state index is -3.17. The molecule has 2 heterocycles. The molecule has 1 atom stereocenters. The van der Waals surface area contributed by atoms with Crippen molar-refractivity contribution in [3.05, 3.63) is 22.4 Å². The van der Waals surface area contributed by atoms with Gasteiger partial charge in [0.2, 0.25) is 5.91 Å². The molecule has 0 N–H and O–H groups in total. The molecule has 128 valence electrons. The summed E-state index contributed by atoms with van der Waals surface area (Å²) in [7, 11) is -3.17. The van der Waals surface area contributed by atoms with Gasteiger partial charge in [-0.1, -0.05) is 18.9 Å². The molecule has 0 spiro atoms. The average Bonchev–Trinajstić information content (AvgIpc) is 3.19. The van der Waals surface area contributed by atoms with Crippen LogP contribution >= 0.6 is 23.1 Å². The Bertz CT molecular complexity index is 621. The first-order chi connectivity index (χ1) is 11.1. The van der Waals surface area contributed by atoms with Crippen molar-refractivity contribution in [1.29, 1.82) is 0 Å². The fraction of sp³-hybridized carbons (Fsp3) is 0.688. The van der Waals surface area contributed by atoms with E-state index in [2.05, 4.69) is 0 Å². The fourth-order valence-corrected chi connectivity index (χ4v) is 7.55. The molecule has 3 rings (SSSR count). The Morgan fingerprint density at radius 3 is 2.74 bits per heavy atom. The van der Waals surface area contributed by atoms with Crippen molar-refractivity contribution in [2.75, 3.05) is 24.6 Å². The molecular weight excluding hydrogens is 350 g/mol. The summed E-state index contributed by atoms with van der Waals surface area (Å²) in [5, 5.41) is 2.09. The lowest BCUT2D eigenvalue weighted by Gasteiger charge is -2.20. The topological polar surface area (TPSA) is 54.5 Å². The zero-order valence-corrected chi connectivity index (χ0v) is 15.6. The minimum absolute atomic E-state index is 0.0788. The van der Waals surface area contributed by atoms with Crippen molar-refractivity contribution in [3.8, 4) is 0 Å². The van der Waals surface area contributed by atoms with E-state index in [1.165, 1.54) is 37.0 Å². The SMILES string of the molecule is O=C(CSC1CCCC1)N1CC[C@@H](c2cccs2)S(=O)(=O)CC1. The van der Waals surface area contributed by atoms with Crippen LogP contribution in [0, 0.1) is 0 Å². The summed E-state index contributed by atoms with van der Waals surface area (Å²) in [6, 6.07) is 3.78. The molecule has 0 bridgehead atoms. The molecule has 1 saturated carbocycles. The molecule has 23 heavy (non-hydrogen) atoms. The lowest BCUT2D eigenvalue weighted by atomic mass is 10.2. The third kappa shape index (κ3) is 4.31. The van der Waals surface area contributed by atoms with Gasteiger partial charge in [-0.3, -0.25) is 4.79 Å². The Hall–Kier alpha value is -0.530. The summed E-state index contributed by atoms with van der Waals surface area (Å²) in [5.41, 5.74) is 0. The highest BCUT2D eigenvalue weighted by atomic mass is 32.2. The van der Waals surface area contributed by atoms with Crippen LogP contribution in [-0.2, 0) is 14.6 Å². The summed E-state index contributed by atoms with van der Waals surface area (Å²) in [6.07, 6.45) is 5.49. The maximum atomic E-state index is 12.5. The zero-order chi connectivity index (χ0) is 16.3. The van der Waals surface area contributed by atoms with Crippen molar-refractivity contribution in [2.24, 2.45) is 0 Å². The Balaban J connectivity index is 1.59. The van der Waals surface area contributed by atoms with E-state index >= 15 is 0 Å². The quantitative estimate of drug-likeness (QED) is 0.814. The number of amides is 1. The molecular formula is C16H23NO3S3. The van der Waals surface area contributed by atoms with Crippen LogP contribution in [0.1, 0.15) is 42.2 Å². The van der Waals surface area contributed by atoms with Gasteiger partial charge in [0, 0.05) is 23.2 Å². The Morgan fingerprint density at radius 1 is 1.26 bits per heavy atom. The molecule has 1 aromatic heterocycles. The number of rotatable bonds is 4. The van der Waals surface area contributed by atoms with Crippen LogP contribution in [0.25, 0.3) is 0 Å². The normalized spacial score (nSPS) is 25.4. The summed E-state index contributed by atoms with van der Waals surface area (Å²) in [4.78, 5) is 15.1. The number of thiophene rings is 1. The molecule has 1 aliphatic heterocycles. The second kappa shape index (κ2) is 7.57. The monoisotopic (exact) mass is 373 g/mol. The minimum Gasteiger partial charge on any atom is -0.341 e. The van der Waals surface area contributed by atoms with Crippen LogP contribution in [0.5, 0.6) is 0 Å². The number of carbonyl (C=O) groups excluding carboxylic acids is 1. The lowest BCUT2D eigenvalue weighted by Crippen LogP contribution is -2.35. The summed E-state index contributed by atoms with van der Waals surface area (Å²) in [5.74, 6) is 0.674. The summed E-state index contributed by atoms with van der Waals surface area (Å²) in [6.45, 7) is 0.889. The first kappa shape index (κ1) is 17.3. The van der Waals surface area contributed by atoms with Crippen LogP contribution in [0.4, 0.5) is 0 Å². The third-order valence-corrected chi connectivity index (χ3v) is 9.30. The number of hydrogen-bond acceptors (Lipinski definition) is 5. The van der Waals surface area contributed by atoms with E-state index in [1.807, 2.05) is 17.5 Å². The van der Waals surface area contributed by atoms with E-state index in [9.17, 15) is 13.2 Å². The third-order valence-electron chi connectivity index (χ3n) is 4.70. The predicted molar refractivity (Wildman–Crippen MR) is 96.8 cm³/mol. The fourth-order valence-electron chi connectivity index (χ4n) is 3.32. The maximum Gasteiger partial charge on any atom is 0.232 e. The van der Waals surface area contributed by atoms with Gasteiger partial charge in [0.15, 0.2) is 9.84 Å². The Kier molecular flexibility index (Phi) is 5.69. The molecule has 1 aliphatic carbocycles. The van der Waals surface area contributed by atoms with E-state index in [-0.39, 0.29) is 11.7 Å². The lowest BCUT2D eigenvalue weighted by molar-refractivity contribution is -0.128. The van der Waals surface area contributed by atoms with Gasteiger partial charge in [0.05, 0.1) is 16.8 Å². The first-order valence-corrected chi connectivity index (χ1v) is 11.8. The highest BCUT2D eigenvalue weighted by Crippen LogP contribution is 2.33. The van der Waals surface area contributed by atoms with E-state index in [0.717, 1.165) is 4.88 Å². The molecule has 1 saturated heterocycles. The van der Waals surface area contributed by atoms with Crippen molar-refractivity contribution in [3.63, 3.8) is 0 Å². The summed E-state index contributed by atoms with van der Waals surface area (Å²) < 4.78 is 25.0. The number of carbonyl (C=O) groups is 1. The number of nitrogens with zero attached hydrogens (tertiary/aromatic N) is 1. The highest BCUT2D eigenvalue weighted by molar-refractivity contribution is 8.00. The molecule has 1 amide bonds. The molecule has 4 nitrogen and oxygen atoms in total. The van der Waals surface area contributed by atoms with Crippen molar-refractivity contribution >= 4 is 38.8 Å². The number of sulfone groups is 1. The van der Waals surface area contributed by atoms with Crippen molar-refractivity contribution in [1.82, 2.24) is 4.90 Å². The van der Waals surface area contributed by atoms with E-state index in [1.54, 1.807) is 16.7 Å². The standard InChI is InChI=1S/C16H23NO3S3/c18-16(12-22-13-4-1-2-5-13)17-8-7-15(14-6-3-10-21-14)23(19,20)11-9-17/h3,6,10,13,15H,1-2,4-5,7-9,11-12H2/t15-/m0/s1. The van der Waals surface area contributed by atoms with Crippen LogP contribution in [0.2, 0.25) is 0 Å².